The van der Waals surface area contributed by atoms with E-state index in [9.17, 15) is 14.7 Å². The van der Waals surface area contributed by atoms with Crippen molar-refractivity contribution < 1.29 is 14.6 Å². The molecule has 1 aliphatic rings. The van der Waals surface area contributed by atoms with Crippen molar-refractivity contribution in [2.75, 3.05) is 6.61 Å². The van der Waals surface area contributed by atoms with Crippen LogP contribution in [-0.2, 0) is 17.6 Å². The number of aromatic hydroxyl groups is 1. The summed E-state index contributed by atoms with van der Waals surface area (Å²) in [7, 11) is 0. The van der Waals surface area contributed by atoms with E-state index < -0.39 is 0 Å². The molecule has 0 saturated heterocycles. The maximum absolute atomic E-state index is 13.1. The zero-order chi connectivity index (χ0) is 22.9. The minimum Gasteiger partial charge on any atom is -0.494 e. The van der Waals surface area contributed by atoms with Crippen LogP contribution in [0, 0.1) is 0 Å². The van der Waals surface area contributed by atoms with Gasteiger partial charge in [0.05, 0.1) is 17.7 Å². The number of thiazole rings is 1. The number of hydrogen-bond acceptors (Lipinski definition) is 8. The van der Waals surface area contributed by atoms with Crippen LogP contribution in [0.4, 0.5) is 5.00 Å². The van der Waals surface area contributed by atoms with Gasteiger partial charge in [-0.15, -0.1) is 22.7 Å². The molecule has 33 heavy (non-hydrogen) atoms. The Balaban J connectivity index is 1.69. The molecule has 3 heterocycles. The third-order valence-electron chi connectivity index (χ3n) is 5.66. The smallest absolute Gasteiger partial charge is 0.341 e. The number of hydrogen-bond donors (Lipinski definition) is 1. The van der Waals surface area contributed by atoms with E-state index in [0.717, 1.165) is 31.2 Å². The predicted octanol–water partition coefficient (Wildman–Crippen LogP) is 5.02. The van der Waals surface area contributed by atoms with Crippen LogP contribution >= 0.6 is 22.7 Å². The first-order valence-corrected chi connectivity index (χ1v) is 12.4. The van der Waals surface area contributed by atoms with Gasteiger partial charge in [-0.2, -0.15) is 0 Å². The second kappa shape index (κ2) is 8.92. The Morgan fingerprint density at radius 1 is 1.27 bits per heavy atom. The molecule has 168 valence electrons. The van der Waals surface area contributed by atoms with Gasteiger partial charge in [0.2, 0.25) is 5.88 Å². The number of benzene rings is 1. The monoisotopic (exact) mass is 479 g/mol. The number of aryl methyl sites for hydroxylation is 1. The molecule has 0 aliphatic heterocycles. The highest BCUT2D eigenvalue weighted by molar-refractivity contribution is 7.16. The molecule has 1 N–H and O–H groups in total. The van der Waals surface area contributed by atoms with Crippen LogP contribution in [0.25, 0.3) is 15.9 Å². The van der Waals surface area contributed by atoms with Gasteiger partial charge in [-0.25, -0.2) is 19.3 Å². The molecule has 0 atom stereocenters. The minimum absolute atomic E-state index is 0.239. The Morgan fingerprint density at radius 3 is 2.82 bits per heavy atom. The number of nitrogens with zero attached hydrogens (tertiary/aromatic N) is 3. The molecule has 0 amide bonds. The van der Waals surface area contributed by atoms with Crippen molar-refractivity contribution in [1.82, 2.24) is 9.55 Å². The Kier molecular flexibility index (Phi) is 5.82. The van der Waals surface area contributed by atoms with E-state index in [1.165, 1.54) is 38.3 Å². The van der Waals surface area contributed by atoms with Gasteiger partial charge < -0.3 is 9.84 Å². The molecule has 1 aliphatic carbocycles. The molecule has 0 bridgehead atoms. The summed E-state index contributed by atoms with van der Waals surface area (Å²) in [5, 5.41) is 14.8. The first kappa shape index (κ1) is 21.5. The van der Waals surface area contributed by atoms with Crippen LogP contribution in [0.1, 0.15) is 46.1 Å². The van der Waals surface area contributed by atoms with Crippen molar-refractivity contribution in [3.8, 4) is 11.0 Å². The average Bonchev–Trinajstić information content (AvgIpc) is 3.47. The fourth-order valence-corrected chi connectivity index (χ4v) is 6.03. The van der Waals surface area contributed by atoms with E-state index in [2.05, 4.69) is 9.98 Å². The van der Waals surface area contributed by atoms with Gasteiger partial charge in [0.15, 0.2) is 5.13 Å². The van der Waals surface area contributed by atoms with Gasteiger partial charge in [-0.05, 0) is 44.2 Å². The highest BCUT2D eigenvalue weighted by Crippen LogP contribution is 2.40. The summed E-state index contributed by atoms with van der Waals surface area (Å²) in [6.07, 6.45) is 6.98. The molecule has 3 aromatic heterocycles. The molecule has 4 aromatic rings. The summed E-state index contributed by atoms with van der Waals surface area (Å²) < 4.78 is 6.51. The van der Waals surface area contributed by atoms with Crippen molar-refractivity contribution in [2.24, 2.45) is 4.99 Å². The van der Waals surface area contributed by atoms with E-state index >= 15 is 0 Å². The predicted molar refractivity (Wildman–Crippen MR) is 131 cm³/mol. The first-order chi connectivity index (χ1) is 16.1. The zero-order valence-electron chi connectivity index (χ0n) is 17.9. The van der Waals surface area contributed by atoms with E-state index in [4.69, 9.17) is 4.74 Å². The Morgan fingerprint density at radius 2 is 2.06 bits per heavy atom. The summed E-state index contributed by atoms with van der Waals surface area (Å²) in [5.41, 5.74) is 1.58. The quantitative estimate of drug-likeness (QED) is 0.320. The molecule has 7 nitrogen and oxygen atoms in total. The molecule has 0 saturated carbocycles. The maximum Gasteiger partial charge on any atom is 0.341 e. The molecule has 9 heteroatoms. The third-order valence-corrected chi connectivity index (χ3v) is 7.61. The number of rotatable bonds is 5. The summed E-state index contributed by atoms with van der Waals surface area (Å²) >= 11 is 2.75. The maximum atomic E-state index is 13.1. The third kappa shape index (κ3) is 3.77. The lowest BCUT2D eigenvalue weighted by atomic mass is 9.95. The molecule has 0 radical (unpaired) electrons. The lowest BCUT2D eigenvalue weighted by molar-refractivity contribution is 0.0526. The van der Waals surface area contributed by atoms with Crippen LogP contribution in [0.15, 0.2) is 45.6 Å². The van der Waals surface area contributed by atoms with Crippen molar-refractivity contribution in [3.05, 3.63) is 67.8 Å². The van der Waals surface area contributed by atoms with E-state index in [-0.39, 0.29) is 24.0 Å². The Labute approximate surface area is 197 Å². The SMILES string of the molecule is CCOC(=O)c1c(/N=C/c2c(O)n(-c3nccs3)c(=O)c3ccccc23)sc2c1CCCC2. The number of carbonyl (C=O) groups excluding carboxylic acids is 1. The van der Waals surface area contributed by atoms with E-state index in [1.807, 2.05) is 0 Å². The Hall–Kier alpha value is -3.30. The molecule has 0 fully saturated rings. The number of fused-ring (bicyclic) bond motifs is 2. The molecular formula is C24H21N3O4S2. The van der Waals surface area contributed by atoms with Crippen molar-refractivity contribution in [1.29, 1.82) is 0 Å². The number of ether oxygens (including phenoxy) is 1. The lowest BCUT2D eigenvalue weighted by Gasteiger charge is -2.12. The standard InChI is InChI=1S/C24H21N3O4S2/c1-2-31-23(30)19-16-9-5-6-10-18(16)33-20(19)26-13-17-14-7-3-4-8-15(14)21(28)27(22(17)29)24-25-11-12-32-24/h3-4,7-8,11-13,29H,2,5-6,9-10H2,1H3/b26-13+. The number of pyridine rings is 1. The van der Waals surface area contributed by atoms with Crippen molar-refractivity contribution in [3.63, 3.8) is 0 Å². The molecule has 0 spiro atoms. The fourth-order valence-electron chi connectivity index (χ4n) is 4.17. The molecule has 5 rings (SSSR count). The molecule has 0 unspecified atom stereocenters. The largest absolute Gasteiger partial charge is 0.494 e. The van der Waals surface area contributed by atoms with Gasteiger partial charge in [-0.3, -0.25) is 4.79 Å². The topological polar surface area (TPSA) is 93.8 Å². The fraction of sp³-hybridized carbons (Fsp3) is 0.250. The summed E-state index contributed by atoms with van der Waals surface area (Å²) in [5.74, 6) is -0.609. The number of aromatic nitrogens is 2. The van der Waals surface area contributed by atoms with E-state index in [0.29, 0.717) is 32.0 Å². The number of carbonyl (C=O) groups is 1. The highest BCUT2D eigenvalue weighted by Gasteiger charge is 2.26. The minimum atomic E-state index is -0.370. The zero-order valence-corrected chi connectivity index (χ0v) is 19.5. The number of thiophene rings is 1. The van der Waals surface area contributed by atoms with Gasteiger partial charge in [0.25, 0.3) is 5.56 Å². The average molecular weight is 480 g/mol. The Bertz CT molecular complexity index is 1430. The van der Waals surface area contributed by atoms with E-state index in [1.54, 1.807) is 42.8 Å². The van der Waals surface area contributed by atoms with Gasteiger partial charge in [0.1, 0.15) is 5.00 Å². The van der Waals surface area contributed by atoms with Gasteiger partial charge >= 0.3 is 5.97 Å². The second-order valence-corrected chi connectivity index (χ2v) is 9.56. The highest BCUT2D eigenvalue weighted by atomic mass is 32.1. The van der Waals surface area contributed by atoms with Crippen LogP contribution in [-0.4, -0.2) is 33.4 Å². The van der Waals surface area contributed by atoms with Crippen LogP contribution in [0.3, 0.4) is 0 Å². The van der Waals surface area contributed by atoms with Crippen molar-refractivity contribution >= 4 is 50.6 Å². The first-order valence-electron chi connectivity index (χ1n) is 10.7. The molecule has 1 aromatic carbocycles. The normalized spacial score (nSPS) is 13.5. The number of aliphatic imine (C=N–C) groups is 1. The van der Waals surface area contributed by atoms with Gasteiger partial charge in [0, 0.05) is 33.4 Å². The lowest BCUT2D eigenvalue weighted by Crippen LogP contribution is -2.19. The van der Waals surface area contributed by atoms with Gasteiger partial charge in [-0.1, -0.05) is 18.2 Å². The van der Waals surface area contributed by atoms with Crippen molar-refractivity contribution in [2.45, 2.75) is 32.6 Å². The van der Waals surface area contributed by atoms with Crippen LogP contribution < -0.4 is 5.56 Å². The second-order valence-electron chi connectivity index (χ2n) is 7.61. The summed E-state index contributed by atoms with van der Waals surface area (Å²) in [6, 6.07) is 7.07. The number of esters is 1. The summed E-state index contributed by atoms with van der Waals surface area (Å²) in [4.78, 5) is 35.8. The molecular weight excluding hydrogens is 458 g/mol. The van der Waals surface area contributed by atoms with Crippen LogP contribution in [0.5, 0.6) is 5.88 Å². The summed E-state index contributed by atoms with van der Waals surface area (Å²) in [6.45, 7) is 2.07. The van der Waals surface area contributed by atoms with Crippen LogP contribution in [0.2, 0.25) is 0 Å².